The summed E-state index contributed by atoms with van der Waals surface area (Å²) in [5.74, 6) is -0.221. The number of aryl methyl sites for hydroxylation is 1. The molecule has 4 aromatic rings. The van der Waals surface area contributed by atoms with Crippen LogP contribution < -0.4 is 0 Å². The van der Waals surface area contributed by atoms with Gasteiger partial charge in [0, 0.05) is 5.56 Å². The number of nitrogens with zero attached hydrogens (tertiary/aromatic N) is 4. The van der Waals surface area contributed by atoms with E-state index in [1.807, 2.05) is 31.2 Å². The van der Waals surface area contributed by atoms with Gasteiger partial charge in [0.05, 0.1) is 17.8 Å². The van der Waals surface area contributed by atoms with Crippen LogP contribution in [0.1, 0.15) is 16.1 Å². The van der Waals surface area contributed by atoms with Crippen LogP contribution in [0.15, 0.2) is 53.1 Å². The summed E-state index contributed by atoms with van der Waals surface area (Å²) in [6.45, 7) is 1.97. The molecule has 29 heavy (non-hydrogen) atoms. The minimum Gasteiger partial charge on any atom is -0.464 e. The lowest BCUT2D eigenvalue weighted by molar-refractivity contribution is 0.0593. The van der Waals surface area contributed by atoms with Gasteiger partial charge in [-0.2, -0.15) is 10.1 Å². The van der Waals surface area contributed by atoms with E-state index in [4.69, 9.17) is 32.5 Å². The van der Waals surface area contributed by atoms with E-state index in [1.54, 1.807) is 24.3 Å². The molecule has 0 fully saturated rings. The van der Waals surface area contributed by atoms with Gasteiger partial charge in [0.2, 0.25) is 5.82 Å². The van der Waals surface area contributed by atoms with Crippen LogP contribution in [0.2, 0.25) is 10.0 Å². The van der Waals surface area contributed by atoms with Gasteiger partial charge in [0.1, 0.15) is 5.02 Å². The molecule has 0 amide bonds. The third-order valence-electron chi connectivity index (χ3n) is 4.19. The summed E-state index contributed by atoms with van der Waals surface area (Å²) in [6.07, 6.45) is 0. The number of methoxy groups -OCH3 is 1. The summed E-state index contributed by atoms with van der Waals surface area (Å²) in [6, 6.07) is 14.7. The van der Waals surface area contributed by atoms with Crippen molar-refractivity contribution in [3.63, 3.8) is 0 Å². The van der Waals surface area contributed by atoms with E-state index in [0.717, 1.165) is 11.1 Å². The highest BCUT2D eigenvalue weighted by Gasteiger charge is 2.28. The highest BCUT2D eigenvalue weighted by Crippen LogP contribution is 2.35. The number of ether oxygens (including phenoxy) is 1. The molecule has 2 aromatic carbocycles. The molecule has 0 saturated carbocycles. The maximum absolute atomic E-state index is 12.1. The zero-order valence-corrected chi connectivity index (χ0v) is 16.9. The van der Waals surface area contributed by atoms with E-state index >= 15 is 0 Å². The predicted octanol–water partition coefficient (Wildman–Crippen LogP) is 4.99. The van der Waals surface area contributed by atoms with Crippen LogP contribution >= 0.6 is 23.2 Å². The van der Waals surface area contributed by atoms with Crippen molar-refractivity contribution in [3.05, 3.63) is 69.8 Å². The molecule has 0 bridgehead atoms. The monoisotopic (exact) mass is 428 g/mol. The van der Waals surface area contributed by atoms with Crippen molar-refractivity contribution in [3.8, 4) is 28.7 Å². The third-order valence-corrected chi connectivity index (χ3v) is 4.87. The SMILES string of the molecule is COC(=O)c1nn(-c2ccccc2Cl)c(-c2nc(-c3cccc(C)c3)no2)c1Cl. The second-order valence-electron chi connectivity index (χ2n) is 6.16. The quantitative estimate of drug-likeness (QED) is 0.425. The molecule has 0 N–H and O–H groups in total. The molecule has 2 aromatic heterocycles. The van der Waals surface area contributed by atoms with Gasteiger partial charge >= 0.3 is 5.97 Å². The summed E-state index contributed by atoms with van der Waals surface area (Å²) in [7, 11) is 1.25. The Morgan fingerprint density at radius 3 is 2.66 bits per heavy atom. The average molecular weight is 429 g/mol. The van der Waals surface area contributed by atoms with Crippen LogP contribution in [-0.4, -0.2) is 33.0 Å². The van der Waals surface area contributed by atoms with E-state index in [2.05, 4.69) is 15.2 Å². The minimum absolute atomic E-state index is 0.0243. The Kier molecular flexibility index (Phi) is 5.08. The molecule has 0 aliphatic rings. The number of hydrogen-bond acceptors (Lipinski definition) is 6. The van der Waals surface area contributed by atoms with Crippen molar-refractivity contribution in [2.75, 3.05) is 7.11 Å². The van der Waals surface area contributed by atoms with Gasteiger partial charge in [-0.3, -0.25) is 0 Å². The number of benzene rings is 2. The number of carbonyl (C=O) groups is 1. The van der Waals surface area contributed by atoms with Crippen LogP contribution in [0, 0.1) is 6.92 Å². The predicted molar refractivity (Wildman–Crippen MR) is 108 cm³/mol. The van der Waals surface area contributed by atoms with Gasteiger partial charge in [-0.15, -0.1) is 0 Å². The van der Waals surface area contributed by atoms with Crippen molar-refractivity contribution in [1.82, 2.24) is 19.9 Å². The fourth-order valence-electron chi connectivity index (χ4n) is 2.83. The smallest absolute Gasteiger partial charge is 0.360 e. The molecule has 0 radical (unpaired) electrons. The van der Waals surface area contributed by atoms with Crippen molar-refractivity contribution in [1.29, 1.82) is 0 Å². The minimum atomic E-state index is -0.694. The number of carbonyl (C=O) groups excluding carboxylic acids is 1. The molecule has 146 valence electrons. The van der Waals surface area contributed by atoms with E-state index in [9.17, 15) is 4.79 Å². The highest BCUT2D eigenvalue weighted by atomic mass is 35.5. The lowest BCUT2D eigenvalue weighted by Gasteiger charge is -2.06. The van der Waals surface area contributed by atoms with E-state index < -0.39 is 5.97 Å². The molecule has 2 heterocycles. The summed E-state index contributed by atoms with van der Waals surface area (Å²) < 4.78 is 11.6. The summed E-state index contributed by atoms with van der Waals surface area (Å²) in [5, 5.41) is 8.75. The lowest BCUT2D eigenvalue weighted by atomic mass is 10.1. The second kappa shape index (κ2) is 7.69. The summed E-state index contributed by atoms with van der Waals surface area (Å²) in [5.41, 5.74) is 2.50. The summed E-state index contributed by atoms with van der Waals surface area (Å²) >= 11 is 12.8. The van der Waals surface area contributed by atoms with Crippen molar-refractivity contribution < 1.29 is 14.1 Å². The molecule has 0 unspecified atom stereocenters. The molecule has 9 heteroatoms. The highest BCUT2D eigenvalue weighted by molar-refractivity contribution is 6.36. The first kappa shape index (κ1) is 19.2. The molecule has 4 rings (SSSR count). The van der Waals surface area contributed by atoms with Crippen LogP contribution in [0.3, 0.4) is 0 Å². The molecule has 0 spiro atoms. The standard InChI is InChI=1S/C20H14Cl2N4O3/c1-11-6-5-7-12(10-11)18-23-19(29-25-18)17-15(22)16(20(27)28-2)24-26(17)14-9-4-3-8-13(14)21/h3-10H,1-2H3. The Hall–Kier alpha value is -3.16. The average Bonchev–Trinajstić information content (AvgIpc) is 3.32. The molecule has 7 nitrogen and oxygen atoms in total. The van der Waals surface area contributed by atoms with E-state index in [-0.39, 0.29) is 22.3 Å². The number of esters is 1. The molecule has 0 saturated heterocycles. The first-order valence-electron chi connectivity index (χ1n) is 8.52. The maximum atomic E-state index is 12.1. The van der Waals surface area contributed by atoms with Crippen molar-refractivity contribution in [2.45, 2.75) is 6.92 Å². The van der Waals surface area contributed by atoms with Crippen molar-refractivity contribution >= 4 is 29.2 Å². The Bertz CT molecular complexity index is 1220. The largest absolute Gasteiger partial charge is 0.464 e. The van der Waals surface area contributed by atoms with Crippen LogP contribution in [-0.2, 0) is 4.74 Å². The maximum Gasteiger partial charge on any atom is 0.360 e. The molecular weight excluding hydrogens is 415 g/mol. The number of halogens is 2. The lowest BCUT2D eigenvalue weighted by Crippen LogP contribution is -2.05. The number of aromatic nitrogens is 4. The molecule has 0 aliphatic carbocycles. The first-order valence-corrected chi connectivity index (χ1v) is 9.28. The zero-order valence-electron chi connectivity index (χ0n) is 15.4. The second-order valence-corrected chi connectivity index (χ2v) is 6.94. The number of rotatable bonds is 4. The Labute approximate surface area is 175 Å². The fraction of sp³-hybridized carbons (Fsp3) is 0.100. The van der Waals surface area contributed by atoms with Gasteiger partial charge in [-0.25, -0.2) is 9.48 Å². The van der Waals surface area contributed by atoms with Gasteiger partial charge in [-0.1, -0.05) is 64.3 Å². The first-order chi connectivity index (χ1) is 14.0. The van der Waals surface area contributed by atoms with Gasteiger partial charge in [0.25, 0.3) is 5.89 Å². The third kappa shape index (κ3) is 3.50. The Morgan fingerprint density at radius 1 is 1.14 bits per heavy atom. The molecular formula is C20H14Cl2N4O3. The molecule has 0 atom stereocenters. The van der Waals surface area contributed by atoms with Gasteiger partial charge in [0.15, 0.2) is 11.4 Å². The van der Waals surface area contributed by atoms with Crippen LogP contribution in [0.4, 0.5) is 0 Å². The Balaban J connectivity index is 1.90. The summed E-state index contributed by atoms with van der Waals surface area (Å²) in [4.78, 5) is 16.6. The number of hydrogen-bond donors (Lipinski definition) is 0. The van der Waals surface area contributed by atoms with Crippen LogP contribution in [0.25, 0.3) is 28.7 Å². The van der Waals surface area contributed by atoms with Gasteiger partial charge < -0.3 is 9.26 Å². The van der Waals surface area contributed by atoms with Crippen molar-refractivity contribution in [2.24, 2.45) is 0 Å². The molecule has 0 aliphatic heterocycles. The van der Waals surface area contributed by atoms with Crippen LogP contribution in [0.5, 0.6) is 0 Å². The number of para-hydroxylation sites is 1. The normalized spacial score (nSPS) is 10.9. The zero-order chi connectivity index (χ0) is 20.5. The van der Waals surface area contributed by atoms with E-state index in [1.165, 1.54) is 11.8 Å². The van der Waals surface area contributed by atoms with E-state index in [0.29, 0.717) is 16.5 Å². The topological polar surface area (TPSA) is 83.0 Å². The fourth-order valence-corrected chi connectivity index (χ4v) is 3.32. The Morgan fingerprint density at radius 2 is 1.93 bits per heavy atom. The van der Waals surface area contributed by atoms with Gasteiger partial charge in [-0.05, 0) is 25.1 Å².